The van der Waals surface area contributed by atoms with Crippen molar-refractivity contribution in [3.63, 3.8) is 0 Å². The second-order valence-electron chi connectivity index (χ2n) is 2.76. The molecule has 0 spiro atoms. The molecular weight excluding hydrogens is 332 g/mol. The third kappa shape index (κ3) is 12.4. The summed E-state index contributed by atoms with van der Waals surface area (Å²) in [6, 6.07) is 0. The molecule has 4 N–H and O–H groups in total. The van der Waals surface area contributed by atoms with Gasteiger partial charge in [-0.25, -0.2) is 4.79 Å². The smallest absolute Gasteiger partial charge is 0.822 e. The Balaban J connectivity index is -0.000000141. The number of hydrogen-bond acceptors (Lipinski definition) is 10. The maximum Gasteiger partial charge on any atom is 1.00 e. The summed E-state index contributed by atoms with van der Waals surface area (Å²) in [6.45, 7) is -0.671. The molecule has 2 atom stereocenters. The average Bonchev–Trinajstić information content (AvgIpc) is 2.42. The van der Waals surface area contributed by atoms with E-state index in [9.17, 15) is 4.79 Å². The van der Waals surface area contributed by atoms with Gasteiger partial charge in [-0.3, -0.25) is 0 Å². The molecule has 0 fully saturated rings. The number of aliphatic hydroxyl groups is 4. The Labute approximate surface area is 179 Å². The Kier molecular flexibility index (Phi) is 19.8. The second-order valence-corrected chi connectivity index (χ2v) is 3.65. The molecule has 0 bridgehead atoms. The Morgan fingerprint density at radius 3 is 1.75 bits per heavy atom. The zero-order valence-corrected chi connectivity index (χ0v) is 17.9. The first-order valence-electron chi connectivity index (χ1n) is 3.93. The van der Waals surface area contributed by atoms with Crippen LogP contribution in [0, 0.1) is 0 Å². The second kappa shape index (κ2) is 13.3. The fourth-order valence-corrected chi connectivity index (χ4v) is 0.823. The van der Waals surface area contributed by atoms with E-state index in [1.165, 1.54) is 0 Å². The summed E-state index contributed by atoms with van der Waals surface area (Å²) in [5.41, 5.74) is 0. The van der Waals surface area contributed by atoms with E-state index in [1.807, 2.05) is 0 Å². The van der Waals surface area contributed by atoms with Gasteiger partial charge in [0.2, 0.25) is 5.76 Å². The van der Waals surface area contributed by atoms with Gasteiger partial charge in [-0.2, -0.15) is 7.82 Å². The predicted molar refractivity (Wildman–Crippen MR) is 42.9 cm³/mol. The minimum Gasteiger partial charge on any atom is -0.822 e. The maximum atomic E-state index is 10.5. The van der Waals surface area contributed by atoms with E-state index in [1.54, 1.807) is 0 Å². The first-order valence-corrected chi connectivity index (χ1v) is 5.39. The number of cyclic esters (lactones) is 1. The van der Waals surface area contributed by atoms with Crippen LogP contribution in [0.3, 0.4) is 0 Å². The van der Waals surface area contributed by atoms with E-state index in [2.05, 4.69) is 4.74 Å². The number of rotatable bonds is 2. The molecular formula is C6H8Na3O10P. The van der Waals surface area contributed by atoms with Crippen molar-refractivity contribution < 1.29 is 138 Å². The van der Waals surface area contributed by atoms with Crippen molar-refractivity contribution in [2.75, 3.05) is 6.61 Å². The zero-order chi connectivity index (χ0) is 13.8. The van der Waals surface area contributed by atoms with Crippen LogP contribution in [0.15, 0.2) is 11.5 Å². The molecule has 0 saturated heterocycles. The van der Waals surface area contributed by atoms with Crippen molar-refractivity contribution in [1.29, 1.82) is 0 Å². The van der Waals surface area contributed by atoms with Crippen molar-refractivity contribution in [1.82, 2.24) is 0 Å². The molecule has 0 radical (unpaired) electrons. The molecule has 10 nitrogen and oxygen atoms in total. The molecule has 1 unspecified atom stereocenters. The van der Waals surface area contributed by atoms with Gasteiger partial charge < -0.3 is 44.4 Å². The van der Waals surface area contributed by atoms with Gasteiger partial charge in [-0.05, 0) is 0 Å². The molecule has 20 heavy (non-hydrogen) atoms. The van der Waals surface area contributed by atoms with Gasteiger partial charge in [-0.1, -0.05) is 0 Å². The van der Waals surface area contributed by atoms with Gasteiger partial charge >= 0.3 is 94.6 Å². The van der Waals surface area contributed by atoms with Gasteiger partial charge in [0.05, 0.1) is 6.61 Å². The quantitative estimate of drug-likeness (QED) is 0.213. The molecule has 1 heterocycles. The third-order valence-corrected chi connectivity index (χ3v) is 1.48. The van der Waals surface area contributed by atoms with E-state index in [4.69, 9.17) is 39.7 Å². The Morgan fingerprint density at radius 2 is 1.55 bits per heavy atom. The van der Waals surface area contributed by atoms with Crippen LogP contribution in [0.5, 0.6) is 0 Å². The van der Waals surface area contributed by atoms with Crippen LogP contribution >= 0.6 is 7.82 Å². The summed E-state index contributed by atoms with van der Waals surface area (Å²) in [6.07, 6.45) is -2.78. The minimum atomic E-state index is -5.39. The van der Waals surface area contributed by atoms with Crippen LogP contribution in [0.2, 0.25) is 0 Å². The van der Waals surface area contributed by atoms with E-state index < -0.39 is 44.1 Å². The van der Waals surface area contributed by atoms with E-state index in [0.717, 1.165) is 0 Å². The predicted octanol–water partition coefficient (Wildman–Crippen LogP) is -13.2. The third-order valence-electron chi connectivity index (χ3n) is 1.48. The molecule has 0 amide bonds. The normalized spacial score (nSPS) is 18.4. The molecule has 0 aromatic heterocycles. The Hall–Kier alpha value is 1.84. The molecule has 1 aliphatic heterocycles. The number of phosphoric acid groups is 1. The molecule has 0 saturated carbocycles. The van der Waals surface area contributed by atoms with E-state index in [-0.39, 0.29) is 88.7 Å². The Bertz CT molecular complexity index is 360. The summed E-state index contributed by atoms with van der Waals surface area (Å²) in [5.74, 6) is -2.78. The summed E-state index contributed by atoms with van der Waals surface area (Å²) in [5, 5.41) is 35.0. The van der Waals surface area contributed by atoms with Gasteiger partial charge in [-0.15, -0.1) is 0 Å². The number of carbonyl (C=O) groups excluding carboxylic acids is 1. The van der Waals surface area contributed by atoms with Crippen LogP contribution in [-0.4, -0.2) is 45.2 Å². The molecule has 14 heteroatoms. The van der Waals surface area contributed by atoms with Crippen LogP contribution in [0.25, 0.3) is 0 Å². The van der Waals surface area contributed by atoms with Crippen molar-refractivity contribution in [2.24, 2.45) is 0 Å². The molecule has 0 aromatic carbocycles. The monoisotopic (exact) mass is 340 g/mol. The van der Waals surface area contributed by atoms with Gasteiger partial charge in [0.1, 0.15) is 6.10 Å². The molecule has 100 valence electrons. The summed E-state index contributed by atoms with van der Waals surface area (Å²) >= 11 is 0. The topological polar surface area (TPSA) is 193 Å². The number of ether oxygens (including phenoxy) is 1. The summed E-state index contributed by atoms with van der Waals surface area (Å²) < 4.78 is 12.9. The van der Waals surface area contributed by atoms with Crippen LogP contribution in [0.4, 0.5) is 0 Å². The minimum absolute atomic E-state index is 0. The number of aliphatic hydroxyl groups excluding tert-OH is 4. The summed E-state index contributed by atoms with van der Waals surface area (Å²) in [7, 11) is -5.39. The van der Waals surface area contributed by atoms with Crippen molar-refractivity contribution >= 4 is 13.8 Å². The van der Waals surface area contributed by atoms with Crippen molar-refractivity contribution in [3.8, 4) is 0 Å². The van der Waals surface area contributed by atoms with Crippen LogP contribution < -0.4 is 103 Å². The molecule has 1 aliphatic rings. The maximum absolute atomic E-state index is 10.5. The van der Waals surface area contributed by atoms with Crippen molar-refractivity contribution in [2.45, 2.75) is 12.2 Å². The largest absolute Gasteiger partial charge is 1.00 e. The van der Waals surface area contributed by atoms with Crippen molar-refractivity contribution in [3.05, 3.63) is 11.5 Å². The van der Waals surface area contributed by atoms with Crippen LogP contribution in [-0.2, 0) is 14.1 Å². The van der Waals surface area contributed by atoms with E-state index in [0.29, 0.717) is 0 Å². The number of carbonyl (C=O) groups is 1. The molecule has 1 rings (SSSR count). The van der Waals surface area contributed by atoms with Gasteiger partial charge in [0.15, 0.2) is 11.9 Å². The summed E-state index contributed by atoms with van der Waals surface area (Å²) in [4.78, 5) is 36.2. The zero-order valence-electron chi connectivity index (χ0n) is 11.0. The van der Waals surface area contributed by atoms with Gasteiger partial charge in [0.25, 0.3) is 0 Å². The average molecular weight is 340 g/mol. The number of esters is 1. The van der Waals surface area contributed by atoms with Crippen LogP contribution in [0.1, 0.15) is 0 Å². The first-order chi connectivity index (χ1) is 7.57. The first kappa shape index (κ1) is 29.8. The SMILES string of the molecule is O=C1O[C@H](C(O)CO)C(O)=C1O.O=P([O-])([O-])[O-].[Na+].[Na+].[Na+]. The van der Waals surface area contributed by atoms with E-state index >= 15 is 0 Å². The fraction of sp³-hybridized carbons (Fsp3) is 0.500. The molecule has 0 aromatic rings. The van der Waals surface area contributed by atoms with Gasteiger partial charge in [0, 0.05) is 0 Å². The fourth-order valence-electron chi connectivity index (χ4n) is 0.823. The standard InChI is InChI=1S/C6H8O6.3Na.H3O4P/c7-1-2(8)5-3(9)4(10)6(11)12-5;;;;1-5(2,3)4/h2,5,7-10H,1H2;;;;(H3,1,2,3,4)/q;3*+1;/p-3/t2?,5-;;;;/m1..../s1. The molecule has 0 aliphatic carbocycles. The Morgan fingerprint density at radius 1 is 1.20 bits per heavy atom. The number of hydrogen-bond donors (Lipinski definition) is 4.